The Morgan fingerprint density at radius 3 is 2.28 bits per heavy atom. The van der Waals surface area contributed by atoms with E-state index in [1.165, 1.54) is 13.8 Å². The van der Waals surface area contributed by atoms with Gasteiger partial charge in [0.15, 0.2) is 0 Å². The van der Waals surface area contributed by atoms with Crippen molar-refractivity contribution >= 4 is 23.5 Å². The van der Waals surface area contributed by atoms with Gasteiger partial charge in [0.2, 0.25) is 11.2 Å². The van der Waals surface area contributed by atoms with Gasteiger partial charge in [-0.05, 0) is 26.8 Å². The molecule has 0 amide bonds. The minimum Gasteiger partial charge on any atom is -0.474 e. The molecule has 0 saturated heterocycles. The third-order valence-electron chi connectivity index (χ3n) is 5.35. The summed E-state index contributed by atoms with van der Waals surface area (Å²) in [6.07, 6.45) is -4.74. The van der Waals surface area contributed by atoms with E-state index in [1.807, 2.05) is 0 Å². The van der Waals surface area contributed by atoms with Crippen LogP contribution < -0.4 is 16.0 Å². The van der Waals surface area contributed by atoms with Crippen LogP contribution in [0, 0.1) is 5.82 Å². The highest BCUT2D eigenvalue weighted by Crippen LogP contribution is 2.44. The van der Waals surface area contributed by atoms with Crippen molar-refractivity contribution in [1.82, 2.24) is 9.13 Å². The van der Waals surface area contributed by atoms with E-state index >= 15 is 0 Å². The van der Waals surface area contributed by atoms with Crippen LogP contribution in [-0.2, 0) is 32.3 Å². The standard InChI is InChI=1S/C22H21ClF4N2O7/c1-5-34-17(31)20(2,3)36-18(32)21(6-7-21)35-14-9-13(12(24)8-11(14)23)29-16(30)10-15(22(25,26)27)28(4)19(29)33/h8-10H,5-7H2,1-4H3. The summed E-state index contributed by atoms with van der Waals surface area (Å²) in [5.74, 6) is -3.29. The zero-order chi connectivity index (χ0) is 27.2. The van der Waals surface area contributed by atoms with E-state index < -0.39 is 57.8 Å². The van der Waals surface area contributed by atoms with Crippen LogP contribution in [0.5, 0.6) is 5.75 Å². The van der Waals surface area contributed by atoms with Crippen LogP contribution in [-0.4, -0.2) is 38.9 Å². The molecular weight excluding hydrogens is 516 g/mol. The molecule has 0 bridgehead atoms. The monoisotopic (exact) mass is 536 g/mol. The molecule has 2 aromatic rings. The van der Waals surface area contributed by atoms with Crippen LogP contribution in [0.3, 0.4) is 0 Å². The maximum atomic E-state index is 14.7. The van der Waals surface area contributed by atoms with Crippen LogP contribution in [0.2, 0.25) is 5.02 Å². The molecule has 1 aliphatic carbocycles. The zero-order valence-electron chi connectivity index (χ0n) is 19.5. The molecule has 0 aliphatic heterocycles. The van der Waals surface area contributed by atoms with Crippen LogP contribution in [0.1, 0.15) is 39.3 Å². The molecule has 1 aromatic heterocycles. The summed E-state index contributed by atoms with van der Waals surface area (Å²) in [4.78, 5) is 49.8. The summed E-state index contributed by atoms with van der Waals surface area (Å²) in [5, 5.41) is -0.350. The maximum absolute atomic E-state index is 14.7. The van der Waals surface area contributed by atoms with Crippen molar-refractivity contribution in [3.05, 3.63) is 55.6 Å². The Morgan fingerprint density at radius 1 is 1.14 bits per heavy atom. The highest BCUT2D eigenvalue weighted by atomic mass is 35.5. The fraction of sp³-hybridized carbons (Fsp3) is 0.455. The number of alkyl halides is 3. The van der Waals surface area contributed by atoms with Gasteiger partial charge in [0.25, 0.3) is 5.56 Å². The summed E-state index contributed by atoms with van der Waals surface area (Å²) in [6, 6.07) is 1.64. The fourth-order valence-corrected chi connectivity index (χ4v) is 3.42. The minimum atomic E-state index is -5.00. The molecule has 36 heavy (non-hydrogen) atoms. The summed E-state index contributed by atoms with van der Waals surface area (Å²) in [7, 11) is 0.771. The highest BCUT2D eigenvalue weighted by Gasteiger charge is 2.57. The number of carbonyl (C=O) groups excluding carboxylic acids is 2. The number of hydrogen-bond donors (Lipinski definition) is 0. The van der Waals surface area contributed by atoms with E-state index in [2.05, 4.69) is 0 Å². The third-order valence-corrected chi connectivity index (χ3v) is 5.64. The number of aromatic nitrogens is 2. The van der Waals surface area contributed by atoms with Crippen molar-refractivity contribution in [1.29, 1.82) is 0 Å². The van der Waals surface area contributed by atoms with Gasteiger partial charge in [-0.2, -0.15) is 13.2 Å². The maximum Gasteiger partial charge on any atom is 0.431 e. The van der Waals surface area contributed by atoms with Gasteiger partial charge < -0.3 is 14.2 Å². The molecule has 9 nitrogen and oxygen atoms in total. The van der Waals surface area contributed by atoms with Gasteiger partial charge in [-0.25, -0.2) is 23.3 Å². The number of carbonyl (C=O) groups is 2. The van der Waals surface area contributed by atoms with Crippen molar-refractivity contribution in [2.45, 2.75) is 51.0 Å². The second-order valence-corrected chi connectivity index (χ2v) is 8.90. The Kier molecular flexibility index (Phi) is 7.01. The molecule has 3 rings (SSSR count). The smallest absolute Gasteiger partial charge is 0.431 e. The quantitative estimate of drug-likeness (QED) is 0.395. The Hall–Kier alpha value is -3.35. The average Bonchev–Trinajstić information content (AvgIpc) is 3.54. The van der Waals surface area contributed by atoms with Gasteiger partial charge in [0, 0.05) is 32.0 Å². The van der Waals surface area contributed by atoms with Crippen molar-refractivity contribution in [3.8, 4) is 11.4 Å². The highest BCUT2D eigenvalue weighted by molar-refractivity contribution is 6.32. The van der Waals surface area contributed by atoms with Crippen molar-refractivity contribution < 1.29 is 41.4 Å². The van der Waals surface area contributed by atoms with E-state index in [-0.39, 0.29) is 45.4 Å². The summed E-state index contributed by atoms with van der Waals surface area (Å²) < 4.78 is 70.2. The predicted octanol–water partition coefficient (Wildman–Crippen LogP) is 3.14. The van der Waals surface area contributed by atoms with E-state index in [9.17, 15) is 36.7 Å². The van der Waals surface area contributed by atoms with Crippen LogP contribution >= 0.6 is 11.6 Å². The number of benzene rings is 1. The first-order valence-electron chi connectivity index (χ1n) is 10.5. The molecular formula is C22H21ClF4N2O7. The van der Waals surface area contributed by atoms with E-state index in [1.54, 1.807) is 6.92 Å². The Balaban J connectivity index is 2.00. The van der Waals surface area contributed by atoms with Crippen molar-refractivity contribution in [2.24, 2.45) is 7.05 Å². The predicted molar refractivity (Wildman–Crippen MR) is 117 cm³/mol. The van der Waals surface area contributed by atoms with E-state index in [0.29, 0.717) is 6.07 Å². The Bertz CT molecular complexity index is 1340. The number of rotatable bonds is 7. The third kappa shape index (κ3) is 5.11. The number of ether oxygens (including phenoxy) is 3. The van der Waals surface area contributed by atoms with E-state index in [0.717, 1.165) is 13.1 Å². The average molecular weight is 537 g/mol. The fourth-order valence-electron chi connectivity index (χ4n) is 3.23. The number of hydrogen-bond acceptors (Lipinski definition) is 7. The molecule has 196 valence electrons. The largest absolute Gasteiger partial charge is 0.474 e. The van der Waals surface area contributed by atoms with Crippen molar-refractivity contribution in [2.75, 3.05) is 6.61 Å². The van der Waals surface area contributed by atoms with Crippen LogP contribution in [0.4, 0.5) is 17.6 Å². The van der Waals surface area contributed by atoms with Crippen LogP contribution in [0.25, 0.3) is 5.69 Å². The van der Waals surface area contributed by atoms with Gasteiger partial charge in [0.05, 0.1) is 17.3 Å². The SMILES string of the molecule is CCOC(=O)C(C)(C)OC(=O)C1(Oc2cc(-n3c(=O)cc(C(F)(F)F)n(C)c3=O)c(F)cc2Cl)CC1. The molecule has 14 heteroatoms. The molecule has 1 heterocycles. The lowest BCUT2D eigenvalue weighted by Crippen LogP contribution is -2.44. The Labute approximate surface area is 206 Å². The second-order valence-electron chi connectivity index (χ2n) is 8.49. The topological polar surface area (TPSA) is 106 Å². The number of halogens is 5. The van der Waals surface area contributed by atoms with E-state index in [4.69, 9.17) is 25.8 Å². The first-order chi connectivity index (χ1) is 16.5. The molecule has 0 radical (unpaired) electrons. The van der Waals surface area contributed by atoms with Gasteiger partial charge in [0.1, 0.15) is 17.3 Å². The molecule has 0 unspecified atom stereocenters. The zero-order valence-corrected chi connectivity index (χ0v) is 20.3. The lowest BCUT2D eigenvalue weighted by atomic mass is 10.1. The minimum absolute atomic E-state index is 0.0538. The molecule has 0 spiro atoms. The molecule has 1 fully saturated rings. The van der Waals surface area contributed by atoms with Crippen molar-refractivity contribution in [3.63, 3.8) is 0 Å². The number of esters is 2. The van der Waals surface area contributed by atoms with Gasteiger partial charge in [-0.3, -0.25) is 9.36 Å². The van der Waals surface area contributed by atoms with Gasteiger partial charge >= 0.3 is 23.8 Å². The first kappa shape index (κ1) is 27.2. The van der Waals surface area contributed by atoms with Gasteiger partial charge in [-0.1, -0.05) is 11.6 Å². The summed E-state index contributed by atoms with van der Waals surface area (Å²) in [5.41, 5.74) is -8.44. The summed E-state index contributed by atoms with van der Waals surface area (Å²) >= 11 is 6.04. The lowest BCUT2D eigenvalue weighted by molar-refractivity contribution is -0.184. The summed E-state index contributed by atoms with van der Waals surface area (Å²) in [6.45, 7) is 4.26. The molecule has 1 aromatic carbocycles. The first-order valence-corrected chi connectivity index (χ1v) is 10.9. The van der Waals surface area contributed by atoms with Crippen LogP contribution in [0.15, 0.2) is 27.8 Å². The lowest BCUT2D eigenvalue weighted by Gasteiger charge is -2.26. The number of nitrogens with zero attached hydrogens (tertiary/aromatic N) is 2. The normalized spacial score (nSPS) is 14.8. The molecule has 1 saturated carbocycles. The van der Waals surface area contributed by atoms with Gasteiger partial charge in [-0.15, -0.1) is 0 Å². The molecule has 0 N–H and O–H groups in total. The molecule has 1 aliphatic rings. The molecule has 0 atom stereocenters. The Morgan fingerprint density at radius 2 is 1.75 bits per heavy atom. The second kappa shape index (κ2) is 9.26.